The second kappa shape index (κ2) is 4.27. The van der Waals surface area contributed by atoms with Crippen molar-refractivity contribution in [2.24, 2.45) is 0 Å². The third kappa shape index (κ3) is 1.72. The molecular formula is C16H14O4. The number of hydrogen-bond acceptors (Lipinski definition) is 4. The fraction of sp³-hybridized carbons (Fsp3) is 0.188. The number of hydrogen-bond donors (Lipinski definition) is 2. The van der Waals surface area contributed by atoms with Crippen molar-refractivity contribution in [3.05, 3.63) is 52.1 Å². The molecule has 20 heavy (non-hydrogen) atoms. The van der Waals surface area contributed by atoms with Gasteiger partial charge in [0.05, 0.1) is 7.11 Å². The number of aromatic hydroxyl groups is 2. The lowest BCUT2D eigenvalue weighted by molar-refractivity contribution is 0.103. The molecule has 0 saturated carbocycles. The third-order valence-corrected chi connectivity index (χ3v) is 3.65. The van der Waals surface area contributed by atoms with Gasteiger partial charge in [0.2, 0.25) is 0 Å². The zero-order valence-electron chi connectivity index (χ0n) is 11.2. The monoisotopic (exact) mass is 270 g/mol. The molecule has 0 fully saturated rings. The van der Waals surface area contributed by atoms with Gasteiger partial charge in [-0.15, -0.1) is 0 Å². The summed E-state index contributed by atoms with van der Waals surface area (Å²) in [5.74, 6) is 0.344. The van der Waals surface area contributed by atoms with Crippen LogP contribution in [0.15, 0.2) is 24.3 Å². The van der Waals surface area contributed by atoms with Crippen LogP contribution in [-0.2, 0) is 6.42 Å². The summed E-state index contributed by atoms with van der Waals surface area (Å²) in [6.07, 6.45) is 0.332. The Bertz CT molecular complexity index is 732. The number of carbonyl (C=O) groups excluding carboxylic acids is 1. The Labute approximate surface area is 116 Å². The molecule has 2 N–H and O–H groups in total. The van der Waals surface area contributed by atoms with Crippen LogP contribution >= 0.6 is 0 Å². The quantitative estimate of drug-likeness (QED) is 0.713. The van der Waals surface area contributed by atoms with E-state index < -0.39 is 0 Å². The van der Waals surface area contributed by atoms with Gasteiger partial charge in [0.1, 0.15) is 17.2 Å². The first kappa shape index (κ1) is 12.5. The molecule has 0 aliphatic heterocycles. The molecule has 0 unspecified atom stereocenters. The fourth-order valence-electron chi connectivity index (χ4n) is 2.64. The summed E-state index contributed by atoms with van der Waals surface area (Å²) in [6, 6.07) is 6.48. The number of benzene rings is 2. The molecule has 102 valence electrons. The molecule has 0 saturated heterocycles. The smallest absolute Gasteiger partial charge is 0.194 e. The van der Waals surface area contributed by atoms with Crippen molar-refractivity contribution in [1.82, 2.24) is 0 Å². The average molecular weight is 270 g/mol. The van der Waals surface area contributed by atoms with Gasteiger partial charge in [0, 0.05) is 34.7 Å². The first-order chi connectivity index (χ1) is 9.51. The first-order valence-corrected chi connectivity index (χ1v) is 6.28. The normalized spacial score (nSPS) is 12.8. The van der Waals surface area contributed by atoms with Crippen LogP contribution in [0, 0.1) is 6.92 Å². The SMILES string of the molecule is COc1cc(O)c2c(c1)C(=O)c1cc(C)cc(O)c1C2. The molecule has 1 aliphatic rings. The van der Waals surface area contributed by atoms with E-state index in [1.54, 1.807) is 18.2 Å². The van der Waals surface area contributed by atoms with Gasteiger partial charge < -0.3 is 14.9 Å². The summed E-state index contributed by atoms with van der Waals surface area (Å²) >= 11 is 0. The average Bonchev–Trinajstić information content (AvgIpc) is 2.41. The Kier molecular flexibility index (Phi) is 2.67. The lowest BCUT2D eigenvalue weighted by Crippen LogP contribution is -2.16. The van der Waals surface area contributed by atoms with Crippen molar-refractivity contribution >= 4 is 5.78 Å². The molecule has 0 radical (unpaired) electrons. The zero-order valence-corrected chi connectivity index (χ0v) is 11.2. The predicted molar refractivity (Wildman–Crippen MR) is 73.7 cm³/mol. The van der Waals surface area contributed by atoms with Gasteiger partial charge in [-0.2, -0.15) is 0 Å². The van der Waals surface area contributed by atoms with E-state index in [4.69, 9.17) is 4.74 Å². The number of rotatable bonds is 1. The second-order valence-electron chi connectivity index (χ2n) is 4.99. The molecule has 0 spiro atoms. The molecule has 4 nitrogen and oxygen atoms in total. The Morgan fingerprint density at radius 2 is 1.60 bits per heavy atom. The van der Waals surface area contributed by atoms with Gasteiger partial charge in [-0.1, -0.05) is 0 Å². The molecule has 0 heterocycles. The van der Waals surface area contributed by atoms with Crippen LogP contribution in [0.25, 0.3) is 0 Å². The van der Waals surface area contributed by atoms with E-state index in [0.717, 1.165) is 5.56 Å². The van der Waals surface area contributed by atoms with E-state index in [9.17, 15) is 15.0 Å². The molecule has 0 bridgehead atoms. The lowest BCUT2D eigenvalue weighted by Gasteiger charge is -2.21. The number of phenolic OH excluding ortho intramolecular Hbond substituents is 2. The Hall–Kier alpha value is -2.49. The van der Waals surface area contributed by atoms with Crippen LogP contribution in [-0.4, -0.2) is 23.1 Å². The van der Waals surface area contributed by atoms with E-state index in [0.29, 0.717) is 34.4 Å². The highest BCUT2D eigenvalue weighted by Gasteiger charge is 2.28. The number of aryl methyl sites for hydroxylation is 1. The minimum atomic E-state index is -0.200. The maximum absolute atomic E-state index is 12.6. The van der Waals surface area contributed by atoms with Crippen molar-refractivity contribution in [1.29, 1.82) is 0 Å². The van der Waals surface area contributed by atoms with E-state index >= 15 is 0 Å². The highest BCUT2D eigenvalue weighted by Crippen LogP contribution is 2.39. The summed E-state index contributed by atoms with van der Waals surface area (Å²) in [5.41, 5.74) is 2.84. The lowest BCUT2D eigenvalue weighted by atomic mass is 9.83. The maximum Gasteiger partial charge on any atom is 0.194 e. The van der Waals surface area contributed by atoms with Crippen molar-refractivity contribution < 1.29 is 19.7 Å². The molecule has 1 aliphatic carbocycles. The van der Waals surface area contributed by atoms with Crippen molar-refractivity contribution in [2.45, 2.75) is 13.3 Å². The molecule has 2 aromatic rings. The number of ether oxygens (including phenoxy) is 1. The number of ketones is 1. The molecule has 3 rings (SSSR count). The van der Waals surface area contributed by atoms with Gasteiger partial charge >= 0.3 is 0 Å². The van der Waals surface area contributed by atoms with Gasteiger partial charge in [0.25, 0.3) is 0 Å². The molecule has 0 amide bonds. The molecule has 0 atom stereocenters. The van der Waals surface area contributed by atoms with Crippen LogP contribution < -0.4 is 4.74 Å². The largest absolute Gasteiger partial charge is 0.508 e. The van der Waals surface area contributed by atoms with Gasteiger partial charge in [0.15, 0.2) is 5.78 Å². The van der Waals surface area contributed by atoms with Gasteiger partial charge in [-0.3, -0.25) is 4.79 Å². The zero-order chi connectivity index (χ0) is 14.4. The highest BCUT2D eigenvalue weighted by atomic mass is 16.5. The fourth-order valence-corrected chi connectivity index (χ4v) is 2.64. The number of fused-ring (bicyclic) bond motifs is 2. The van der Waals surface area contributed by atoms with Crippen LogP contribution in [0.1, 0.15) is 32.6 Å². The topological polar surface area (TPSA) is 66.8 Å². The van der Waals surface area contributed by atoms with Crippen LogP contribution in [0.3, 0.4) is 0 Å². The van der Waals surface area contributed by atoms with E-state index in [1.165, 1.54) is 13.2 Å². The standard InChI is InChI=1S/C16H14O4/c1-8-3-12-10(14(17)4-8)7-11-13(16(12)19)5-9(20-2)6-15(11)18/h3-6,17-18H,7H2,1-2H3. The Morgan fingerprint density at radius 3 is 2.25 bits per heavy atom. The summed E-state index contributed by atoms with van der Waals surface area (Å²) in [7, 11) is 1.48. The number of carbonyl (C=O) groups is 1. The maximum atomic E-state index is 12.6. The van der Waals surface area contributed by atoms with Gasteiger partial charge in [-0.25, -0.2) is 0 Å². The van der Waals surface area contributed by atoms with E-state index in [2.05, 4.69) is 0 Å². The summed E-state index contributed by atoms with van der Waals surface area (Å²) in [4.78, 5) is 12.6. The number of phenols is 2. The molecule has 4 heteroatoms. The summed E-state index contributed by atoms with van der Waals surface area (Å²) in [6.45, 7) is 1.83. The van der Waals surface area contributed by atoms with E-state index in [1.807, 2.05) is 6.92 Å². The highest BCUT2D eigenvalue weighted by molar-refractivity contribution is 6.13. The minimum Gasteiger partial charge on any atom is -0.508 e. The van der Waals surface area contributed by atoms with E-state index in [-0.39, 0.29) is 17.3 Å². The Morgan fingerprint density at radius 1 is 1.00 bits per heavy atom. The molecular weight excluding hydrogens is 256 g/mol. The Balaban J connectivity index is 2.25. The van der Waals surface area contributed by atoms with Crippen LogP contribution in [0.2, 0.25) is 0 Å². The second-order valence-corrected chi connectivity index (χ2v) is 4.99. The van der Waals surface area contributed by atoms with Gasteiger partial charge in [-0.05, 0) is 30.7 Å². The summed E-state index contributed by atoms with van der Waals surface area (Å²) in [5, 5.41) is 20.1. The van der Waals surface area contributed by atoms with Crippen LogP contribution in [0.4, 0.5) is 0 Å². The molecule has 2 aromatic carbocycles. The van der Waals surface area contributed by atoms with Crippen molar-refractivity contribution in [3.8, 4) is 17.2 Å². The molecule has 0 aromatic heterocycles. The first-order valence-electron chi connectivity index (χ1n) is 6.28. The third-order valence-electron chi connectivity index (χ3n) is 3.65. The van der Waals surface area contributed by atoms with Crippen molar-refractivity contribution in [2.75, 3.05) is 7.11 Å². The predicted octanol–water partition coefficient (Wildman–Crippen LogP) is 2.55. The van der Waals surface area contributed by atoms with Crippen molar-refractivity contribution in [3.63, 3.8) is 0 Å². The summed E-state index contributed by atoms with van der Waals surface area (Å²) < 4.78 is 5.08. The van der Waals surface area contributed by atoms with Crippen LogP contribution in [0.5, 0.6) is 17.2 Å². The number of methoxy groups -OCH3 is 1. The minimum absolute atomic E-state index is 0.0123.